The molecular formula is C65H69BN2O. The van der Waals surface area contributed by atoms with Crippen molar-refractivity contribution >= 4 is 68.1 Å². The highest BCUT2D eigenvalue weighted by molar-refractivity contribution is 6.93. The lowest BCUT2D eigenvalue weighted by atomic mass is 9.42. The first-order valence-electron chi connectivity index (χ1n) is 25.7. The van der Waals surface area contributed by atoms with Gasteiger partial charge in [0.05, 0.1) is 0 Å². The Labute approximate surface area is 412 Å². The van der Waals surface area contributed by atoms with Crippen molar-refractivity contribution in [2.24, 2.45) is 0 Å². The van der Waals surface area contributed by atoms with Gasteiger partial charge in [-0.05, 0) is 167 Å². The van der Waals surface area contributed by atoms with Crippen LogP contribution in [0.3, 0.4) is 0 Å². The Bertz CT molecular complexity index is 3470. The first-order valence-corrected chi connectivity index (χ1v) is 25.7. The van der Waals surface area contributed by atoms with Crippen molar-refractivity contribution in [1.82, 2.24) is 0 Å². The van der Waals surface area contributed by atoms with Crippen LogP contribution in [0.2, 0.25) is 0 Å². The van der Waals surface area contributed by atoms with Gasteiger partial charge < -0.3 is 14.1 Å². The number of rotatable bonds is 2. The van der Waals surface area contributed by atoms with E-state index in [0.717, 1.165) is 17.6 Å². The van der Waals surface area contributed by atoms with E-state index < -0.39 is 0 Å². The zero-order valence-corrected chi connectivity index (χ0v) is 43.8. The molecule has 7 aromatic carbocycles. The molecule has 0 radical (unpaired) electrons. The number of fused-ring (bicyclic) bond motifs is 12. The van der Waals surface area contributed by atoms with Crippen LogP contribution in [0.5, 0.6) is 0 Å². The predicted octanol–water partition coefficient (Wildman–Crippen LogP) is 16.8. The van der Waals surface area contributed by atoms with Crippen LogP contribution in [0.1, 0.15) is 156 Å². The lowest BCUT2D eigenvalue weighted by Crippen LogP contribution is -2.62. The molecule has 3 nitrogen and oxygen atoms in total. The molecule has 0 bridgehead atoms. The number of hydrogen-bond donors (Lipinski definition) is 0. The van der Waals surface area contributed by atoms with E-state index in [1.54, 1.807) is 0 Å². The second kappa shape index (κ2) is 14.1. The third kappa shape index (κ3) is 6.38. The van der Waals surface area contributed by atoms with Gasteiger partial charge in [0.2, 0.25) is 0 Å². The highest BCUT2D eigenvalue weighted by atomic mass is 16.3. The summed E-state index contributed by atoms with van der Waals surface area (Å²) in [6, 6.07) is 47.9. The van der Waals surface area contributed by atoms with Crippen LogP contribution in [0.25, 0.3) is 44.2 Å². The molecule has 0 atom stereocenters. The smallest absolute Gasteiger partial charge is 0.333 e. The Morgan fingerprint density at radius 3 is 1.65 bits per heavy atom. The molecule has 0 fully saturated rings. The number of nitrogens with zero attached hydrogens (tertiary/aromatic N) is 2. The molecule has 69 heavy (non-hydrogen) atoms. The molecular weight excluding hydrogens is 836 g/mol. The molecule has 12 rings (SSSR count). The fourth-order valence-electron chi connectivity index (χ4n) is 12.9. The molecule has 0 spiro atoms. The summed E-state index contributed by atoms with van der Waals surface area (Å²) < 4.78 is 7.20. The topological polar surface area (TPSA) is 19.6 Å². The van der Waals surface area contributed by atoms with Crippen LogP contribution in [-0.2, 0) is 32.5 Å². The molecule has 0 unspecified atom stereocenters. The minimum absolute atomic E-state index is 0.0185. The van der Waals surface area contributed by atoms with Gasteiger partial charge >= 0.3 is 6.85 Å². The number of anilines is 5. The second-order valence-corrected chi connectivity index (χ2v) is 26.1. The Morgan fingerprint density at radius 2 is 1.03 bits per heavy atom. The minimum Gasteiger partial charge on any atom is -0.456 e. The summed E-state index contributed by atoms with van der Waals surface area (Å²) in [7, 11) is 0. The number of furan rings is 1. The second-order valence-electron chi connectivity index (χ2n) is 26.1. The van der Waals surface area contributed by atoms with E-state index in [2.05, 4.69) is 235 Å². The Morgan fingerprint density at radius 1 is 0.478 bits per heavy atom. The molecule has 0 N–H and O–H groups in total. The van der Waals surface area contributed by atoms with Gasteiger partial charge in [0.25, 0.3) is 0 Å². The summed E-state index contributed by atoms with van der Waals surface area (Å²) in [5.74, 6) is 0. The van der Waals surface area contributed by atoms with Crippen molar-refractivity contribution in [3.63, 3.8) is 0 Å². The van der Waals surface area contributed by atoms with E-state index in [1.165, 1.54) is 118 Å². The molecule has 348 valence electrons. The molecule has 8 aromatic rings. The lowest BCUT2D eigenvalue weighted by molar-refractivity contribution is 0.332. The van der Waals surface area contributed by atoms with Crippen molar-refractivity contribution < 1.29 is 4.42 Å². The van der Waals surface area contributed by atoms with Crippen LogP contribution in [-0.4, -0.2) is 6.85 Å². The third-order valence-electron chi connectivity index (χ3n) is 17.2. The highest BCUT2D eigenvalue weighted by Gasteiger charge is 2.50. The average molecular weight is 905 g/mol. The maximum absolute atomic E-state index is 7.20. The third-order valence-corrected chi connectivity index (χ3v) is 17.2. The van der Waals surface area contributed by atoms with Crippen molar-refractivity contribution in [2.45, 2.75) is 149 Å². The van der Waals surface area contributed by atoms with Gasteiger partial charge in [-0.1, -0.05) is 165 Å². The Kier molecular flexibility index (Phi) is 9.03. The van der Waals surface area contributed by atoms with E-state index in [0.29, 0.717) is 0 Å². The van der Waals surface area contributed by atoms with Crippen LogP contribution in [0.4, 0.5) is 28.4 Å². The Balaban J connectivity index is 1.25. The van der Waals surface area contributed by atoms with Crippen LogP contribution >= 0.6 is 0 Å². The average Bonchev–Trinajstić information content (AvgIpc) is 3.76. The van der Waals surface area contributed by atoms with Gasteiger partial charge in [0.15, 0.2) is 0 Å². The molecule has 0 amide bonds. The summed E-state index contributed by atoms with van der Waals surface area (Å²) in [4.78, 5) is 5.31. The highest BCUT2D eigenvalue weighted by Crippen LogP contribution is 2.59. The zero-order chi connectivity index (χ0) is 48.7. The minimum atomic E-state index is -0.263. The molecule has 0 saturated heterocycles. The van der Waals surface area contributed by atoms with Crippen LogP contribution < -0.4 is 20.6 Å². The fourth-order valence-corrected chi connectivity index (χ4v) is 12.9. The summed E-state index contributed by atoms with van der Waals surface area (Å²) in [5.41, 5.74) is 25.4. The number of hydrogen-bond acceptors (Lipinski definition) is 3. The first kappa shape index (κ1) is 44.2. The monoisotopic (exact) mass is 905 g/mol. The predicted molar refractivity (Wildman–Crippen MR) is 296 cm³/mol. The summed E-state index contributed by atoms with van der Waals surface area (Å²) >= 11 is 0. The van der Waals surface area contributed by atoms with Gasteiger partial charge in [-0.15, -0.1) is 0 Å². The fraction of sp³-hybridized carbons (Fsp3) is 0.354. The van der Waals surface area contributed by atoms with Gasteiger partial charge in [-0.3, -0.25) is 0 Å². The van der Waals surface area contributed by atoms with E-state index in [1.807, 2.05) is 0 Å². The zero-order valence-electron chi connectivity index (χ0n) is 43.8. The van der Waals surface area contributed by atoms with Gasteiger partial charge in [-0.2, -0.15) is 0 Å². The van der Waals surface area contributed by atoms with Crippen molar-refractivity contribution in [3.8, 4) is 22.3 Å². The molecule has 2 aliphatic heterocycles. The van der Waals surface area contributed by atoms with Crippen molar-refractivity contribution in [3.05, 3.63) is 160 Å². The van der Waals surface area contributed by atoms with Crippen molar-refractivity contribution in [2.75, 3.05) is 9.71 Å². The maximum atomic E-state index is 7.20. The van der Waals surface area contributed by atoms with Crippen LogP contribution in [0, 0.1) is 0 Å². The van der Waals surface area contributed by atoms with Gasteiger partial charge in [-0.25, -0.2) is 0 Å². The Hall–Kier alpha value is -6.00. The molecule has 4 aliphatic rings. The van der Waals surface area contributed by atoms with Crippen LogP contribution in [0.15, 0.2) is 126 Å². The summed E-state index contributed by atoms with van der Waals surface area (Å²) in [6.45, 7) is 35.4. The molecule has 2 aliphatic carbocycles. The van der Waals surface area contributed by atoms with E-state index in [-0.39, 0.29) is 39.3 Å². The summed E-state index contributed by atoms with van der Waals surface area (Å²) in [5, 5.41) is 2.39. The first-order chi connectivity index (χ1) is 32.3. The maximum Gasteiger partial charge on any atom is 0.333 e. The molecule has 4 heteroatoms. The number of benzene rings is 7. The quantitative estimate of drug-likeness (QED) is 0.161. The largest absolute Gasteiger partial charge is 0.456 e. The lowest BCUT2D eigenvalue weighted by Gasteiger charge is -2.47. The SMILES string of the molecule is CC(C)(C)c1ccc(N2B3c4cc(C(C)(C)C)ccc4N(c4ccc(C(C)(C)C)cc4)c4cc5c(c(c43)-c3cc4oc6cc7c(cc6c4cc32)C(C)(C)CCC7(C)C)C(C)(C)c2ccccc2-5)cc1. The van der Waals surface area contributed by atoms with Gasteiger partial charge in [0, 0.05) is 50.2 Å². The normalized spacial score (nSPS) is 17.3. The standard InChI is InChI=1S/C65H69BN2O/c1-60(2,3)38-20-25-41(26-21-38)67-52-29-24-40(62(7,8)9)32-51(52)66-59-54(67)35-46-43-18-16-17-19-48(43)65(14,15)58(46)57(59)47-36-55-45(34-53(47)68(66)42-27-22-39(23-28-42)61(4,5)6)44-33-49-50(37-56(44)69-55)64(12,13)31-30-63(49,10)11/h16-29,32-37H,30-31H2,1-15H3. The van der Waals surface area contributed by atoms with Gasteiger partial charge in [0.1, 0.15) is 11.2 Å². The van der Waals surface area contributed by atoms with E-state index in [9.17, 15) is 0 Å². The molecule has 0 saturated carbocycles. The molecule has 3 heterocycles. The molecule has 1 aromatic heterocycles. The van der Waals surface area contributed by atoms with E-state index >= 15 is 0 Å². The summed E-state index contributed by atoms with van der Waals surface area (Å²) in [6.07, 6.45) is 2.33. The van der Waals surface area contributed by atoms with E-state index in [4.69, 9.17) is 4.42 Å². The van der Waals surface area contributed by atoms with Crippen molar-refractivity contribution in [1.29, 1.82) is 0 Å².